The third-order valence-corrected chi connectivity index (χ3v) is 7.51. The number of anilines is 1. The summed E-state index contributed by atoms with van der Waals surface area (Å²) < 4.78 is 11.1. The van der Waals surface area contributed by atoms with Crippen molar-refractivity contribution >= 4 is 34.7 Å². The molecule has 37 heavy (non-hydrogen) atoms. The van der Waals surface area contributed by atoms with Gasteiger partial charge in [0.05, 0.1) is 23.2 Å². The average molecular weight is 530 g/mol. The van der Waals surface area contributed by atoms with Crippen molar-refractivity contribution in [3.05, 3.63) is 111 Å². The fourth-order valence-corrected chi connectivity index (χ4v) is 5.99. The third kappa shape index (κ3) is 4.01. The van der Waals surface area contributed by atoms with Crippen LogP contribution in [-0.2, 0) is 4.79 Å². The van der Waals surface area contributed by atoms with Gasteiger partial charge in [-0.1, -0.05) is 59.6 Å². The maximum atomic E-state index is 13.9. The molecule has 0 aromatic heterocycles. The Morgan fingerprint density at radius 2 is 1.65 bits per heavy atom. The number of carbonyl (C=O) groups is 1. The highest BCUT2D eigenvalue weighted by atomic mass is 35.5. The number of nitriles is 1. The van der Waals surface area contributed by atoms with E-state index in [1.165, 1.54) is 0 Å². The Morgan fingerprint density at radius 1 is 0.919 bits per heavy atom. The lowest BCUT2D eigenvalue weighted by molar-refractivity contribution is -0.116. The van der Waals surface area contributed by atoms with Gasteiger partial charge in [0.15, 0.2) is 17.3 Å². The van der Waals surface area contributed by atoms with Crippen molar-refractivity contribution in [3.8, 4) is 17.6 Å². The molecule has 8 heteroatoms. The van der Waals surface area contributed by atoms with Crippen LogP contribution in [0.1, 0.15) is 35.8 Å². The van der Waals surface area contributed by atoms with Gasteiger partial charge in [-0.25, -0.2) is 0 Å². The molecule has 184 valence electrons. The zero-order valence-electron chi connectivity index (χ0n) is 19.6. The van der Waals surface area contributed by atoms with Gasteiger partial charge in [0, 0.05) is 27.7 Å². The predicted molar refractivity (Wildman–Crippen MR) is 142 cm³/mol. The number of Topliss-reactive ketones (excluding diaryl/α,β-unsaturated/α-hetero) is 1. The van der Waals surface area contributed by atoms with Crippen molar-refractivity contribution in [2.45, 2.75) is 24.7 Å². The Hall–Kier alpha value is -3.92. The first kappa shape index (κ1) is 23.5. The van der Waals surface area contributed by atoms with Crippen LogP contribution in [0.4, 0.5) is 5.69 Å². The molecule has 0 bridgehead atoms. The van der Waals surface area contributed by atoms with Crippen LogP contribution in [-0.4, -0.2) is 12.6 Å². The summed E-state index contributed by atoms with van der Waals surface area (Å²) in [5.41, 5.74) is 10.7. The zero-order valence-corrected chi connectivity index (χ0v) is 21.1. The number of halogens is 2. The summed E-state index contributed by atoms with van der Waals surface area (Å²) in [4.78, 5) is 15.7. The Balaban J connectivity index is 1.57. The Morgan fingerprint density at radius 3 is 2.38 bits per heavy atom. The van der Waals surface area contributed by atoms with Gasteiger partial charge in [-0.3, -0.25) is 9.69 Å². The number of nitrogens with zero attached hydrogens (tertiary/aromatic N) is 2. The number of ether oxygens (including phenoxy) is 2. The van der Waals surface area contributed by atoms with Crippen molar-refractivity contribution in [1.82, 2.24) is 0 Å². The minimum atomic E-state index is -0.635. The molecular formula is C29H21Cl2N3O3. The van der Waals surface area contributed by atoms with Crippen LogP contribution in [0.2, 0.25) is 10.0 Å². The van der Waals surface area contributed by atoms with Crippen molar-refractivity contribution < 1.29 is 14.3 Å². The SMILES string of the molecule is N#CC1=C(N)N(c2cc(Cl)cc(Cl)c2)C2=C(C(=O)C[C@@H](c3ccccc3)C2)[C@H]1c1ccc2c(c1)OCO2. The highest BCUT2D eigenvalue weighted by molar-refractivity contribution is 6.35. The van der Waals surface area contributed by atoms with E-state index in [0.717, 1.165) is 16.8 Å². The Labute approximate surface area is 224 Å². The van der Waals surface area contributed by atoms with Crippen molar-refractivity contribution in [1.29, 1.82) is 5.26 Å². The van der Waals surface area contributed by atoms with Gasteiger partial charge < -0.3 is 15.2 Å². The van der Waals surface area contributed by atoms with Crippen molar-refractivity contribution in [2.75, 3.05) is 11.7 Å². The summed E-state index contributed by atoms with van der Waals surface area (Å²) in [6.07, 6.45) is 0.877. The number of hydrogen-bond donors (Lipinski definition) is 1. The van der Waals surface area contributed by atoms with Crippen LogP contribution in [0.25, 0.3) is 0 Å². The van der Waals surface area contributed by atoms with Gasteiger partial charge in [0.1, 0.15) is 5.82 Å². The molecule has 1 aliphatic carbocycles. The molecular weight excluding hydrogens is 509 g/mol. The molecule has 6 rings (SSSR count). The van der Waals surface area contributed by atoms with E-state index in [0.29, 0.717) is 45.6 Å². The molecule has 3 aromatic carbocycles. The molecule has 0 unspecified atom stereocenters. The van der Waals surface area contributed by atoms with E-state index in [2.05, 4.69) is 6.07 Å². The van der Waals surface area contributed by atoms with Crippen molar-refractivity contribution in [2.24, 2.45) is 5.73 Å². The Kier molecular flexibility index (Phi) is 5.83. The number of nitrogens with two attached hydrogens (primary N) is 1. The maximum absolute atomic E-state index is 13.9. The van der Waals surface area contributed by atoms with Crippen LogP contribution in [0.15, 0.2) is 89.4 Å². The van der Waals surface area contributed by atoms with Crippen LogP contribution in [0, 0.1) is 11.3 Å². The van der Waals surface area contributed by atoms with Gasteiger partial charge in [-0.05, 0) is 53.8 Å². The minimum Gasteiger partial charge on any atom is -0.454 e. The number of allylic oxidation sites excluding steroid dienone is 3. The lowest BCUT2D eigenvalue weighted by Gasteiger charge is -2.41. The molecule has 3 aromatic rings. The lowest BCUT2D eigenvalue weighted by atomic mass is 9.72. The van der Waals surface area contributed by atoms with E-state index in [9.17, 15) is 10.1 Å². The molecule has 0 saturated carbocycles. The fourth-order valence-electron chi connectivity index (χ4n) is 5.48. The number of rotatable bonds is 3. The topological polar surface area (TPSA) is 88.6 Å². The highest BCUT2D eigenvalue weighted by Gasteiger charge is 2.43. The quantitative estimate of drug-likeness (QED) is 0.421. The van der Waals surface area contributed by atoms with Gasteiger partial charge in [-0.2, -0.15) is 5.26 Å². The van der Waals surface area contributed by atoms with E-state index < -0.39 is 5.92 Å². The first-order valence-electron chi connectivity index (χ1n) is 11.8. The number of fused-ring (bicyclic) bond motifs is 1. The van der Waals surface area contributed by atoms with Crippen LogP contribution in [0.5, 0.6) is 11.5 Å². The molecule has 2 atom stereocenters. The number of carbonyl (C=O) groups excluding carboxylic acids is 1. The number of benzene rings is 3. The van der Waals surface area contributed by atoms with E-state index in [-0.39, 0.29) is 29.9 Å². The molecule has 0 spiro atoms. The second-order valence-corrected chi connectivity index (χ2v) is 10.1. The number of ketones is 1. The summed E-state index contributed by atoms with van der Waals surface area (Å²) in [5.74, 6) is 0.728. The normalized spacial score (nSPS) is 20.7. The molecule has 6 nitrogen and oxygen atoms in total. The third-order valence-electron chi connectivity index (χ3n) is 7.07. The van der Waals surface area contributed by atoms with Gasteiger partial charge >= 0.3 is 0 Å². The lowest BCUT2D eigenvalue weighted by Crippen LogP contribution is -2.40. The first-order valence-corrected chi connectivity index (χ1v) is 12.6. The predicted octanol–water partition coefficient (Wildman–Crippen LogP) is 6.42. The smallest absolute Gasteiger partial charge is 0.231 e. The molecule has 2 N–H and O–H groups in total. The van der Waals surface area contributed by atoms with Gasteiger partial charge in [0.25, 0.3) is 0 Å². The molecule has 0 amide bonds. The fraction of sp³-hybridized carbons (Fsp3) is 0.172. The molecule has 0 fully saturated rings. The summed E-state index contributed by atoms with van der Waals surface area (Å²) in [6.45, 7) is 0.126. The van der Waals surface area contributed by atoms with E-state index >= 15 is 0 Å². The van der Waals surface area contributed by atoms with E-state index in [4.69, 9.17) is 38.4 Å². The first-order chi connectivity index (χ1) is 17.9. The molecule has 3 aliphatic rings. The minimum absolute atomic E-state index is 0.0313. The second-order valence-electron chi connectivity index (χ2n) is 9.22. The van der Waals surface area contributed by atoms with E-state index in [1.807, 2.05) is 42.5 Å². The van der Waals surface area contributed by atoms with Crippen LogP contribution < -0.4 is 20.1 Å². The second kappa shape index (κ2) is 9.19. The number of hydrogen-bond acceptors (Lipinski definition) is 6. The summed E-state index contributed by atoms with van der Waals surface area (Å²) in [5, 5.41) is 11.2. The molecule has 0 saturated heterocycles. The standard InChI is InChI=1S/C29H21Cl2N3O3/c30-19-11-20(31)13-21(12-19)34-23-8-18(16-4-2-1-3-5-16)9-24(35)28(23)27(22(14-32)29(34)33)17-6-7-25-26(10-17)37-15-36-25/h1-7,10-13,18,27H,8-9,15,33H2/t18-,27-/m0/s1. The van der Waals surface area contributed by atoms with Gasteiger partial charge in [-0.15, -0.1) is 0 Å². The summed E-state index contributed by atoms with van der Waals surface area (Å²) >= 11 is 12.7. The molecule has 2 heterocycles. The average Bonchev–Trinajstić information content (AvgIpc) is 3.36. The van der Waals surface area contributed by atoms with Gasteiger partial charge in [0.2, 0.25) is 6.79 Å². The molecule has 0 radical (unpaired) electrons. The van der Waals surface area contributed by atoms with Crippen LogP contribution >= 0.6 is 23.2 Å². The molecule has 2 aliphatic heterocycles. The maximum Gasteiger partial charge on any atom is 0.231 e. The van der Waals surface area contributed by atoms with Crippen molar-refractivity contribution in [3.63, 3.8) is 0 Å². The largest absolute Gasteiger partial charge is 0.454 e. The summed E-state index contributed by atoms with van der Waals surface area (Å²) in [6, 6.07) is 22.8. The monoisotopic (exact) mass is 529 g/mol. The van der Waals surface area contributed by atoms with Crippen LogP contribution in [0.3, 0.4) is 0 Å². The highest BCUT2D eigenvalue weighted by Crippen LogP contribution is 2.50. The summed E-state index contributed by atoms with van der Waals surface area (Å²) in [7, 11) is 0. The van der Waals surface area contributed by atoms with E-state index in [1.54, 1.807) is 29.2 Å². The zero-order chi connectivity index (χ0) is 25.7. The Bertz CT molecular complexity index is 1520.